The Morgan fingerprint density at radius 3 is 1.25 bits per heavy atom. The summed E-state index contributed by atoms with van der Waals surface area (Å²) >= 11 is 17.5. The molecule has 0 aliphatic rings. The molecule has 1 heterocycles. The van der Waals surface area contributed by atoms with Crippen molar-refractivity contribution < 1.29 is 58.9 Å². The number of ketones is 1. The van der Waals surface area contributed by atoms with Crippen LogP contribution in [-0.4, -0.2) is 46.0 Å². The summed E-state index contributed by atoms with van der Waals surface area (Å²) in [5.41, 5.74) is 3.90. The number of Topliss-reactive ketones (excluding diaryl/α,β-unsaturated/α-hetero) is 1. The summed E-state index contributed by atoms with van der Waals surface area (Å²) in [5, 5.41) is 2.10. The Morgan fingerprint density at radius 1 is 0.615 bits per heavy atom. The third-order valence-corrected chi connectivity index (χ3v) is 5.92. The average Bonchev–Trinajstić information content (AvgIpc) is 3.02. The van der Waals surface area contributed by atoms with Crippen LogP contribution in [0, 0.1) is 6.92 Å². The van der Waals surface area contributed by atoms with Gasteiger partial charge < -0.3 is 14.2 Å². The lowest BCUT2D eigenvalue weighted by atomic mass is 10.0. The number of halogens is 10. The van der Waals surface area contributed by atoms with Crippen LogP contribution in [0.5, 0.6) is 0 Å². The predicted molar refractivity (Wildman–Crippen MR) is 193 cm³/mol. The Kier molecular flexibility index (Phi) is 31.0. The summed E-state index contributed by atoms with van der Waals surface area (Å²) in [6.07, 6.45) is 0. The fourth-order valence-corrected chi connectivity index (χ4v) is 3.67. The van der Waals surface area contributed by atoms with Gasteiger partial charge in [0.05, 0.1) is 18.6 Å². The lowest BCUT2D eigenvalue weighted by Gasteiger charge is -2.01. The second-order valence-electron chi connectivity index (χ2n) is 9.26. The van der Waals surface area contributed by atoms with Crippen molar-refractivity contribution in [3.63, 3.8) is 0 Å². The van der Waals surface area contributed by atoms with E-state index in [1.165, 1.54) is 20.8 Å². The topological polar surface area (TPSA) is 81.0 Å². The maximum atomic E-state index is 10.7. The maximum absolute atomic E-state index is 10.7. The molecule has 0 aliphatic heterocycles. The van der Waals surface area contributed by atoms with E-state index in [1.807, 2.05) is 81.4 Å². The van der Waals surface area contributed by atoms with E-state index in [0.29, 0.717) is 15.6 Å². The van der Waals surface area contributed by atoms with Gasteiger partial charge in [0.25, 0.3) is 0 Å². The van der Waals surface area contributed by atoms with Crippen molar-refractivity contribution in [3.05, 3.63) is 111 Å². The molecule has 0 spiro atoms. The first-order valence-corrected chi connectivity index (χ1v) is 15.8. The van der Waals surface area contributed by atoms with Crippen molar-refractivity contribution in [1.29, 1.82) is 0 Å². The zero-order valence-electron chi connectivity index (χ0n) is 28.9. The molecule has 18 heteroatoms. The lowest BCUT2D eigenvalue weighted by Crippen LogP contribution is -3.00. The largest absolute Gasteiger partial charge is 1.00 e. The second kappa shape index (κ2) is 30.7. The first kappa shape index (κ1) is 52.5. The van der Waals surface area contributed by atoms with Crippen LogP contribution >= 0.6 is 34.8 Å². The molecular weight excluding hydrogens is 765 g/mol. The average molecular weight is 802 g/mol. The van der Waals surface area contributed by atoms with Gasteiger partial charge in [-0.3, -0.25) is 40.3 Å². The van der Waals surface area contributed by atoms with Gasteiger partial charge in [0.15, 0.2) is 5.78 Å². The minimum absolute atomic E-state index is 0. The molecule has 0 radical (unpaired) electrons. The van der Waals surface area contributed by atoms with E-state index in [-0.39, 0.29) is 10.5 Å². The van der Waals surface area contributed by atoms with Gasteiger partial charge in [-0.2, -0.15) is 0 Å². The first-order chi connectivity index (χ1) is 23.8. The molecule has 0 amide bonds. The minimum Gasteiger partial charge on any atom is -1.00 e. The number of hydrogen-bond donors (Lipinski definition) is 0. The van der Waals surface area contributed by atoms with E-state index in [0.717, 1.165) is 46.4 Å². The molecule has 52 heavy (non-hydrogen) atoms. The number of rotatable bonds is 5. The van der Waals surface area contributed by atoms with Crippen LogP contribution < -0.4 is 4.70 Å². The molecule has 284 valence electrons. The number of aryl methyl sites for hydroxylation is 1. The number of benzene rings is 3. The molecule has 3 aromatic carbocycles. The molecule has 4 aromatic rings. The van der Waals surface area contributed by atoms with Gasteiger partial charge in [-0.25, -0.2) is 4.42 Å². The highest BCUT2D eigenvalue weighted by molar-refractivity contribution is 6.33. The molecular formula is C34H36B2Cl3F7O6. The number of ether oxygens (including phenoxy) is 2. The van der Waals surface area contributed by atoms with Gasteiger partial charge in [0.1, 0.15) is 0 Å². The Morgan fingerprint density at radius 2 is 0.962 bits per heavy atom. The van der Waals surface area contributed by atoms with Crippen LogP contribution in [0.1, 0.15) is 50.7 Å². The summed E-state index contributed by atoms with van der Waals surface area (Å²) in [4.78, 5) is 30.3. The Bertz CT molecular complexity index is 1480. The third-order valence-electron chi connectivity index (χ3n) is 5.17. The molecule has 0 bridgehead atoms. The Balaban J connectivity index is -0.000000649. The molecule has 0 unspecified atom stereocenters. The van der Waals surface area contributed by atoms with Gasteiger partial charge >= 0.3 is 38.5 Å². The number of hydrogen-bond acceptors (Lipinski definition) is 5. The first-order valence-electron chi connectivity index (χ1n) is 14.7. The van der Waals surface area contributed by atoms with E-state index in [2.05, 4.69) is 4.74 Å². The zero-order chi connectivity index (χ0) is 39.5. The van der Waals surface area contributed by atoms with Gasteiger partial charge in [0, 0.05) is 59.3 Å². The van der Waals surface area contributed by atoms with Gasteiger partial charge in [0.2, 0.25) is 0 Å². The van der Waals surface area contributed by atoms with Crippen molar-refractivity contribution in [2.24, 2.45) is 0 Å². The summed E-state index contributed by atoms with van der Waals surface area (Å²) in [6.45, 7) is 11.5. The molecule has 0 fully saturated rings. The highest BCUT2D eigenvalue weighted by Crippen LogP contribution is 2.29. The monoisotopic (exact) mass is 800 g/mol. The number of esters is 2. The van der Waals surface area contributed by atoms with Gasteiger partial charge in [-0.1, -0.05) is 46.9 Å². The van der Waals surface area contributed by atoms with Crippen molar-refractivity contribution in [3.8, 4) is 22.5 Å². The fourth-order valence-electron chi connectivity index (χ4n) is 3.29. The van der Waals surface area contributed by atoms with Crippen molar-refractivity contribution in [2.75, 3.05) is 13.2 Å². The third kappa shape index (κ3) is 29.8. The molecule has 0 saturated heterocycles. The summed E-state index contributed by atoms with van der Waals surface area (Å²) < 4.78 is 72.6. The van der Waals surface area contributed by atoms with E-state index < -0.39 is 27.0 Å². The quantitative estimate of drug-likeness (QED) is 0.0501. The maximum Gasteiger partial charge on any atom is 0.762 e. The van der Waals surface area contributed by atoms with E-state index in [9.17, 15) is 40.3 Å². The lowest BCUT2D eigenvalue weighted by molar-refractivity contribution is -0.156. The molecule has 0 atom stereocenters. The highest BCUT2D eigenvalue weighted by atomic mass is 35.5. The van der Waals surface area contributed by atoms with E-state index in [1.54, 1.807) is 24.3 Å². The number of carbonyl (C=O) groups excluding carboxylic acids is 3. The van der Waals surface area contributed by atoms with Crippen molar-refractivity contribution in [1.82, 2.24) is 0 Å². The molecule has 1 aromatic heterocycles. The molecule has 4 rings (SSSR count). The van der Waals surface area contributed by atoms with E-state index >= 15 is 0 Å². The predicted octanol–water partition coefficient (Wildman–Crippen LogP) is 8.95. The molecule has 0 aliphatic carbocycles. The summed E-state index contributed by atoms with van der Waals surface area (Å²) in [5.74, 6) is 0.612. The van der Waals surface area contributed by atoms with Crippen LogP contribution in [0.2, 0.25) is 15.1 Å². The fraction of sp³-hybridized carbons (Fsp3) is 0.235. The highest BCUT2D eigenvalue weighted by Gasteiger charge is 2.16. The SMILES string of the molecule is CC(=O)OC(C)=O.CC(=O)c1ccc(Cl)cc1.CCOCC.Cc1cc(-c2ccc(Cl)cc2)cc(-c2ccc(Cl)cc2)[o+]1.FB(F)F.FB(F)F.[F-]. The smallest absolute Gasteiger partial charge is 0.762 e. The molecule has 0 N–H and O–H groups in total. The van der Waals surface area contributed by atoms with Crippen molar-refractivity contribution in [2.45, 2.75) is 41.5 Å². The van der Waals surface area contributed by atoms with E-state index in [4.69, 9.17) is 44.0 Å². The molecule has 6 nitrogen and oxygen atoms in total. The number of carbonyl (C=O) groups is 3. The van der Waals surface area contributed by atoms with Crippen LogP contribution in [0.3, 0.4) is 0 Å². The van der Waals surface area contributed by atoms with Crippen LogP contribution in [0.15, 0.2) is 89.3 Å². The summed E-state index contributed by atoms with van der Waals surface area (Å²) in [7, 11) is -7.33. The minimum atomic E-state index is -3.67. The standard InChI is InChI=1S/C18H13Cl2O.C8H7ClO.C4H6O3.C4H10O.2BF3.FH/c1-12-10-15(13-2-6-16(19)7-3-13)11-18(21-12)14-4-8-17(20)9-5-14;1-6(10)7-2-4-8(9)5-3-7;1-3(5)7-4(2)6;1-3-5-4-2;2*2-1(3)4;/h2-11H,1H3;2-5H,1H3;1-2H3;3-4H2,1-2H3;;;1H/q+1;;;;;;/p-1. The van der Waals surface area contributed by atoms with Gasteiger partial charge in [-0.05, 0) is 87.0 Å². The van der Waals surface area contributed by atoms with Gasteiger partial charge in [-0.15, -0.1) is 0 Å². The Hall–Kier alpha value is -3.91. The zero-order valence-corrected chi connectivity index (χ0v) is 31.1. The van der Waals surface area contributed by atoms with Crippen LogP contribution in [-0.2, 0) is 19.1 Å². The Labute approximate surface area is 314 Å². The van der Waals surface area contributed by atoms with Crippen molar-refractivity contribution >= 4 is 67.6 Å². The van der Waals surface area contributed by atoms with Crippen LogP contribution in [0.25, 0.3) is 22.5 Å². The molecule has 0 saturated carbocycles. The normalized spacial score (nSPS) is 8.98. The van der Waals surface area contributed by atoms with Crippen LogP contribution in [0.4, 0.5) is 25.9 Å². The summed E-state index contributed by atoms with van der Waals surface area (Å²) in [6, 6.07) is 26.3. The second-order valence-corrected chi connectivity index (χ2v) is 10.6.